The molecule has 0 aliphatic carbocycles. The number of carbonyl (C=O) groups is 3. The third-order valence-electron chi connectivity index (χ3n) is 5.54. The van der Waals surface area contributed by atoms with E-state index in [9.17, 15) is 14.4 Å². The fraction of sp³-hybridized carbons (Fsp3) is 0.192. The topological polar surface area (TPSA) is 66.5 Å². The lowest BCUT2D eigenvalue weighted by molar-refractivity contribution is -0.139. The number of hydrogen-bond acceptors (Lipinski definition) is 4. The van der Waals surface area contributed by atoms with Crippen molar-refractivity contribution >= 4 is 35.2 Å². The summed E-state index contributed by atoms with van der Waals surface area (Å²) in [6.45, 7) is 4.46. The summed E-state index contributed by atoms with van der Waals surface area (Å²) in [5, 5.41) is 2.91. The summed E-state index contributed by atoms with van der Waals surface area (Å²) < 4.78 is 0. The number of nitrogens with one attached hydrogen (secondary N) is 1. The summed E-state index contributed by atoms with van der Waals surface area (Å²) in [5.74, 6) is -0.494. The van der Waals surface area contributed by atoms with E-state index in [0.717, 1.165) is 16.1 Å². The second-order valence-corrected chi connectivity index (χ2v) is 9.04. The fourth-order valence-corrected chi connectivity index (χ4v) is 4.38. The number of hydrogen-bond donors (Lipinski definition) is 1. The molecule has 0 spiro atoms. The Morgan fingerprint density at radius 2 is 1.47 bits per heavy atom. The summed E-state index contributed by atoms with van der Waals surface area (Å²) >= 11 is 1.68. The highest BCUT2D eigenvalue weighted by molar-refractivity contribution is 7.99. The molecule has 1 fully saturated rings. The van der Waals surface area contributed by atoms with Gasteiger partial charge in [-0.3, -0.25) is 19.3 Å². The molecule has 6 heteroatoms. The maximum atomic E-state index is 12.6. The predicted octanol–water partition coefficient (Wildman–Crippen LogP) is 5.36. The molecule has 1 saturated heterocycles. The zero-order chi connectivity index (χ0) is 22.7. The van der Waals surface area contributed by atoms with E-state index in [2.05, 4.69) is 37.4 Å². The quantitative estimate of drug-likeness (QED) is 0.520. The Balaban J connectivity index is 1.35. The van der Waals surface area contributed by atoms with Crippen LogP contribution in [0.25, 0.3) is 0 Å². The number of likely N-dealkylation sites (tertiary alicyclic amines) is 1. The van der Waals surface area contributed by atoms with Crippen LogP contribution in [0.5, 0.6) is 0 Å². The molecule has 0 bridgehead atoms. The van der Waals surface area contributed by atoms with E-state index in [-0.39, 0.29) is 37.1 Å². The van der Waals surface area contributed by atoms with Gasteiger partial charge in [0.05, 0.1) is 6.54 Å². The van der Waals surface area contributed by atoms with Crippen LogP contribution in [0.3, 0.4) is 0 Å². The van der Waals surface area contributed by atoms with Crippen molar-refractivity contribution in [3.8, 4) is 0 Å². The minimum atomic E-state index is -0.209. The zero-order valence-electron chi connectivity index (χ0n) is 18.1. The third kappa shape index (κ3) is 5.08. The van der Waals surface area contributed by atoms with Gasteiger partial charge >= 0.3 is 0 Å². The Morgan fingerprint density at radius 3 is 2.09 bits per heavy atom. The van der Waals surface area contributed by atoms with Gasteiger partial charge < -0.3 is 5.32 Å². The number of carbonyl (C=O) groups excluding carboxylic acids is 3. The van der Waals surface area contributed by atoms with Crippen molar-refractivity contribution in [3.05, 3.63) is 89.0 Å². The van der Waals surface area contributed by atoms with E-state index in [0.29, 0.717) is 5.56 Å². The standard InChI is InChI=1S/C26H24N2O3S/c1-17-3-10-23(15-18(17)2)32-22-11-8-21(9-12-22)27-26(31)20-6-4-19(5-7-20)16-28-24(29)13-14-25(28)30/h3-12,15H,13-14,16H2,1-2H3,(H,27,31). The normalized spacial score (nSPS) is 13.5. The number of benzene rings is 3. The minimum absolute atomic E-state index is 0.143. The number of nitrogens with zero attached hydrogens (tertiary/aromatic N) is 1. The van der Waals surface area contributed by atoms with Crippen molar-refractivity contribution in [2.24, 2.45) is 0 Å². The molecular formula is C26H24N2O3S. The van der Waals surface area contributed by atoms with Crippen LogP contribution in [0.2, 0.25) is 0 Å². The van der Waals surface area contributed by atoms with Gasteiger partial charge in [-0.05, 0) is 79.1 Å². The summed E-state index contributed by atoms with van der Waals surface area (Å²) in [6, 6.07) is 21.1. The van der Waals surface area contributed by atoms with Crippen molar-refractivity contribution < 1.29 is 14.4 Å². The fourth-order valence-electron chi connectivity index (χ4n) is 3.47. The van der Waals surface area contributed by atoms with Crippen LogP contribution in [0.4, 0.5) is 5.69 Å². The van der Waals surface area contributed by atoms with Crippen LogP contribution in [-0.2, 0) is 16.1 Å². The van der Waals surface area contributed by atoms with E-state index < -0.39 is 0 Å². The molecule has 0 saturated carbocycles. The van der Waals surface area contributed by atoms with E-state index in [1.54, 1.807) is 36.0 Å². The van der Waals surface area contributed by atoms with Crippen LogP contribution in [0.1, 0.15) is 39.9 Å². The zero-order valence-corrected chi connectivity index (χ0v) is 18.9. The van der Waals surface area contributed by atoms with E-state index >= 15 is 0 Å². The molecule has 1 N–H and O–H groups in total. The molecule has 4 rings (SSSR count). The Bertz CT molecular complexity index is 1150. The van der Waals surface area contributed by atoms with Crippen LogP contribution in [-0.4, -0.2) is 22.6 Å². The minimum Gasteiger partial charge on any atom is -0.322 e. The average molecular weight is 445 g/mol. The molecule has 0 aromatic heterocycles. The lowest BCUT2D eigenvalue weighted by Gasteiger charge is -2.14. The van der Waals surface area contributed by atoms with Crippen LogP contribution >= 0.6 is 11.8 Å². The maximum absolute atomic E-state index is 12.6. The molecule has 1 aliphatic heterocycles. The van der Waals surface area contributed by atoms with Gasteiger partial charge in [-0.15, -0.1) is 0 Å². The summed E-state index contributed by atoms with van der Waals surface area (Å²) in [7, 11) is 0. The van der Waals surface area contributed by atoms with Gasteiger partial charge in [-0.25, -0.2) is 0 Å². The maximum Gasteiger partial charge on any atom is 0.255 e. The molecule has 0 radical (unpaired) electrons. The van der Waals surface area contributed by atoms with Gasteiger partial charge in [-0.1, -0.05) is 30.0 Å². The highest BCUT2D eigenvalue weighted by atomic mass is 32.2. The summed E-state index contributed by atoms with van der Waals surface area (Å²) in [4.78, 5) is 39.7. The lowest BCUT2D eigenvalue weighted by Crippen LogP contribution is -2.28. The highest BCUT2D eigenvalue weighted by Gasteiger charge is 2.28. The van der Waals surface area contributed by atoms with Crippen molar-refractivity contribution in [3.63, 3.8) is 0 Å². The van der Waals surface area contributed by atoms with Gasteiger partial charge in [0, 0.05) is 33.9 Å². The van der Waals surface area contributed by atoms with Crippen molar-refractivity contribution in [1.82, 2.24) is 4.90 Å². The molecule has 5 nitrogen and oxygen atoms in total. The molecule has 1 aliphatic rings. The molecule has 0 unspecified atom stereocenters. The molecule has 3 aromatic rings. The second kappa shape index (κ2) is 9.40. The number of imide groups is 1. The first-order valence-corrected chi connectivity index (χ1v) is 11.3. The number of rotatable bonds is 6. The predicted molar refractivity (Wildman–Crippen MR) is 126 cm³/mol. The SMILES string of the molecule is Cc1ccc(Sc2ccc(NC(=O)c3ccc(CN4C(=O)CCC4=O)cc3)cc2)cc1C. The van der Waals surface area contributed by atoms with E-state index in [1.165, 1.54) is 20.9 Å². The van der Waals surface area contributed by atoms with Gasteiger partial charge in [-0.2, -0.15) is 0 Å². The molecule has 32 heavy (non-hydrogen) atoms. The van der Waals surface area contributed by atoms with Crippen molar-refractivity contribution in [1.29, 1.82) is 0 Å². The molecular weight excluding hydrogens is 420 g/mol. The van der Waals surface area contributed by atoms with Gasteiger partial charge in [0.2, 0.25) is 11.8 Å². The number of aryl methyl sites for hydroxylation is 2. The third-order valence-corrected chi connectivity index (χ3v) is 6.54. The molecule has 0 atom stereocenters. The van der Waals surface area contributed by atoms with Crippen LogP contribution in [0.15, 0.2) is 76.5 Å². The smallest absolute Gasteiger partial charge is 0.255 e. The van der Waals surface area contributed by atoms with Gasteiger partial charge in [0.1, 0.15) is 0 Å². The second-order valence-electron chi connectivity index (χ2n) is 7.90. The monoisotopic (exact) mass is 444 g/mol. The first-order valence-electron chi connectivity index (χ1n) is 10.5. The Hall–Kier alpha value is -3.38. The summed E-state index contributed by atoms with van der Waals surface area (Å²) in [6.07, 6.45) is 0.558. The molecule has 1 heterocycles. The van der Waals surface area contributed by atoms with E-state index in [4.69, 9.17) is 0 Å². The number of anilines is 1. The molecule has 3 amide bonds. The van der Waals surface area contributed by atoms with Gasteiger partial charge in [0.15, 0.2) is 0 Å². The first-order chi connectivity index (χ1) is 15.4. The van der Waals surface area contributed by atoms with Crippen LogP contribution in [0, 0.1) is 13.8 Å². The van der Waals surface area contributed by atoms with E-state index in [1.807, 2.05) is 24.3 Å². The van der Waals surface area contributed by atoms with Crippen LogP contribution < -0.4 is 5.32 Å². The Morgan fingerprint density at radius 1 is 0.844 bits per heavy atom. The summed E-state index contributed by atoms with van der Waals surface area (Å²) in [5.41, 5.74) is 4.60. The Labute approximate surface area is 191 Å². The Kier molecular flexibility index (Phi) is 6.42. The van der Waals surface area contributed by atoms with Crippen molar-refractivity contribution in [2.75, 3.05) is 5.32 Å². The molecule has 3 aromatic carbocycles. The van der Waals surface area contributed by atoms with Crippen molar-refractivity contribution in [2.45, 2.75) is 43.0 Å². The first kappa shape index (κ1) is 21.8. The highest BCUT2D eigenvalue weighted by Crippen LogP contribution is 2.30. The number of amides is 3. The van der Waals surface area contributed by atoms with Gasteiger partial charge in [0.25, 0.3) is 5.91 Å². The largest absolute Gasteiger partial charge is 0.322 e. The average Bonchev–Trinajstić information content (AvgIpc) is 3.10. The lowest BCUT2D eigenvalue weighted by atomic mass is 10.1. The molecule has 162 valence electrons.